The van der Waals surface area contributed by atoms with Gasteiger partial charge in [0.25, 0.3) is 5.91 Å². The van der Waals surface area contributed by atoms with Gasteiger partial charge in [0.2, 0.25) is 0 Å². The van der Waals surface area contributed by atoms with Crippen molar-refractivity contribution in [3.05, 3.63) is 54.0 Å². The molecule has 5 rings (SSSR count). The Labute approximate surface area is 232 Å². The molecule has 204 valence electrons. The number of rotatable bonds is 5. The van der Waals surface area contributed by atoms with Crippen molar-refractivity contribution in [3.8, 4) is 0 Å². The van der Waals surface area contributed by atoms with Gasteiger partial charge in [-0.05, 0) is 76.4 Å². The minimum atomic E-state index is -0.543. The zero-order valence-electron chi connectivity index (χ0n) is 22.9. The first-order valence-electron chi connectivity index (χ1n) is 13.0. The summed E-state index contributed by atoms with van der Waals surface area (Å²) >= 11 is 1.79. The Balaban J connectivity index is 1.42. The minimum absolute atomic E-state index is 0.252. The first-order chi connectivity index (χ1) is 18.5. The zero-order valence-corrected chi connectivity index (χ0v) is 23.8. The van der Waals surface area contributed by atoms with Crippen LogP contribution >= 0.6 is 11.8 Å². The van der Waals surface area contributed by atoms with Crippen LogP contribution in [-0.2, 0) is 11.8 Å². The maximum Gasteiger partial charge on any atom is 0.410 e. The number of nitrogens with two attached hydrogens (primary N) is 1. The molecule has 10 heteroatoms. The predicted octanol–water partition coefficient (Wildman–Crippen LogP) is 5.76. The van der Waals surface area contributed by atoms with Gasteiger partial charge < -0.3 is 25.3 Å². The number of amides is 2. The minimum Gasteiger partial charge on any atom is -0.444 e. The molecule has 9 nitrogen and oxygen atoms in total. The number of benzene rings is 2. The van der Waals surface area contributed by atoms with E-state index in [0.717, 1.165) is 50.9 Å². The largest absolute Gasteiger partial charge is 0.444 e. The van der Waals surface area contributed by atoms with Gasteiger partial charge in [-0.1, -0.05) is 0 Å². The second-order valence-electron chi connectivity index (χ2n) is 11.0. The fraction of sp³-hybridized carbons (Fsp3) is 0.379. The number of carbonyl (C=O) groups excluding carboxylic acids is 2. The molecule has 0 unspecified atom stereocenters. The van der Waals surface area contributed by atoms with Crippen LogP contribution in [0.1, 0.15) is 49.5 Å². The lowest BCUT2D eigenvalue weighted by atomic mass is 10.1. The molecule has 0 saturated carbocycles. The molecule has 3 heterocycles. The fourth-order valence-electron chi connectivity index (χ4n) is 4.86. The number of aryl methyl sites for hydroxylation is 2. The fourth-order valence-corrected chi connectivity index (χ4v) is 6.12. The van der Waals surface area contributed by atoms with Gasteiger partial charge in [-0.2, -0.15) is 0 Å². The summed E-state index contributed by atoms with van der Waals surface area (Å²) in [7, 11) is 1.95. The number of anilines is 2. The third-order valence-electron chi connectivity index (χ3n) is 6.79. The second-order valence-corrected chi connectivity index (χ2v) is 12.4. The van der Waals surface area contributed by atoms with Crippen LogP contribution in [0.15, 0.2) is 47.8 Å². The Bertz CT molecular complexity index is 1570. The van der Waals surface area contributed by atoms with Crippen molar-refractivity contribution in [1.82, 2.24) is 19.4 Å². The molecule has 0 radical (unpaired) electrons. The maximum atomic E-state index is 12.5. The van der Waals surface area contributed by atoms with Crippen LogP contribution in [0, 0.1) is 6.92 Å². The molecule has 0 spiro atoms. The number of nitrogens with zero attached hydrogens (tertiary/aromatic N) is 4. The van der Waals surface area contributed by atoms with Crippen molar-refractivity contribution >= 4 is 57.1 Å². The summed E-state index contributed by atoms with van der Waals surface area (Å²) in [4.78, 5) is 36.7. The van der Waals surface area contributed by atoms with Crippen molar-refractivity contribution in [1.29, 1.82) is 0 Å². The molecular weight excluding hydrogens is 512 g/mol. The molecule has 3 N–H and O–H groups in total. The Morgan fingerprint density at radius 3 is 2.56 bits per heavy atom. The first kappa shape index (κ1) is 26.8. The van der Waals surface area contributed by atoms with E-state index >= 15 is 0 Å². The van der Waals surface area contributed by atoms with Gasteiger partial charge in [0.15, 0.2) is 0 Å². The number of primary amides is 1. The number of likely N-dealkylation sites (tertiary alicyclic amines) is 1. The number of fused-ring (bicyclic) bond motifs is 2. The molecule has 1 aliphatic heterocycles. The van der Waals surface area contributed by atoms with Gasteiger partial charge in [-0.15, -0.1) is 11.8 Å². The van der Waals surface area contributed by atoms with E-state index in [9.17, 15) is 9.59 Å². The van der Waals surface area contributed by atoms with Gasteiger partial charge in [0.1, 0.15) is 5.60 Å². The van der Waals surface area contributed by atoms with Crippen molar-refractivity contribution in [2.45, 2.75) is 56.3 Å². The van der Waals surface area contributed by atoms with E-state index < -0.39 is 11.5 Å². The number of thioether (sulfide) groups is 1. The smallest absolute Gasteiger partial charge is 0.410 e. The normalized spacial score (nSPS) is 14.6. The molecule has 2 aromatic heterocycles. The molecule has 1 saturated heterocycles. The summed E-state index contributed by atoms with van der Waals surface area (Å²) in [5.41, 5.74) is 10.8. The third kappa shape index (κ3) is 5.80. The van der Waals surface area contributed by atoms with Crippen LogP contribution in [-0.4, -0.2) is 55.4 Å². The molecule has 39 heavy (non-hydrogen) atoms. The SMILES string of the molecule is Cc1cc(SC2CCN(C(=O)OC(C)(C)C)CC2)cc2c(Nc3ccc4ncn(C)c4c3)c(C(N)=O)cnc12. The number of carbonyl (C=O) groups is 2. The lowest BCUT2D eigenvalue weighted by Crippen LogP contribution is -2.42. The summed E-state index contributed by atoms with van der Waals surface area (Å²) in [6.07, 6.45) is 4.81. The second kappa shape index (κ2) is 10.4. The van der Waals surface area contributed by atoms with Crippen LogP contribution in [0.3, 0.4) is 0 Å². The number of aromatic nitrogens is 3. The lowest BCUT2D eigenvalue weighted by Gasteiger charge is -2.33. The van der Waals surface area contributed by atoms with Crippen molar-refractivity contribution in [2.24, 2.45) is 12.8 Å². The number of nitrogens with one attached hydrogen (secondary N) is 1. The number of hydrogen-bond donors (Lipinski definition) is 2. The van der Waals surface area contributed by atoms with Crippen LogP contribution in [0.4, 0.5) is 16.2 Å². The first-order valence-corrected chi connectivity index (χ1v) is 13.9. The summed E-state index contributed by atoms with van der Waals surface area (Å²) in [5, 5.41) is 4.65. The number of hydrogen-bond acceptors (Lipinski definition) is 7. The zero-order chi connectivity index (χ0) is 27.9. The third-order valence-corrected chi connectivity index (χ3v) is 8.10. The Kier molecular flexibility index (Phi) is 7.15. The highest BCUT2D eigenvalue weighted by molar-refractivity contribution is 8.00. The van der Waals surface area contributed by atoms with E-state index in [0.29, 0.717) is 29.6 Å². The van der Waals surface area contributed by atoms with E-state index in [2.05, 4.69) is 27.4 Å². The van der Waals surface area contributed by atoms with E-state index in [-0.39, 0.29) is 6.09 Å². The van der Waals surface area contributed by atoms with E-state index in [1.807, 2.05) is 57.5 Å². The molecular formula is C29H34N6O3S. The number of imidazole rings is 1. The summed E-state index contributed by atoms with van der Waals surface area (Å²) in [6, 6.07) is 10.1. The van der Waals surface area contributed by atoms with Gasteiger partial charge in [-0.3, -0.25) is 9.78 Å². The highest BCUT2D eigenvalue weighted by atomic mass is 32.2. The summed E-state index contributed by atoms with van der Waals surface area (Å²) in [5.74, 6) is -0.543. The topological polar surface area (TPSA) is 115 Å². The van der Waals surface area contributed by atoms with E-state index in [1.165, 1.54) is 0 Å². The quantitative estimate of drug-likeness (QED) is 0.327. The van der Waals surface area contributed by atoms with Crippen LogP contribution < -0.4 is 11.1 Å². The highest BCUT2D eigenvalue weighted by Crippen LogP contribution is 2.37. The molecule has 2 amide bonds. The van der Waals surface area contributed by atoms with E-state index in [4.69, 9.17) is 10.5 Å². The standard InChI is InChI=1S/C29H34N6O3S/c1-17-12-20(39-19-8-10-35(11-9-19)28(37)38-29(2,3)4)14-21-25(17)31-15-22(27(30)36)26(21)33-18-6-7-23-24(13-18)34(5)16-32-23/h6-7,12-16,19H,8-11H2,1-5H3,(H2,30,36)(H,31,33). The molecule has 1 aliphatic rings. The Morgan fingerprint density at radius 2 is 1.87 bits per heavy atom. The highest BCUT2D eigenvalue weighted by Gasteiger charge is 2.27. The Morgan fingerprint density at radius 1 is 1.13 bits per heavy atom. The van der Waals surface area contributed by atoms with Gasteiger partial charge in [-0.25, -0.2) is 9.78 Å². The van der Waals surface area contributed by atoms with Crippen LogP contribution in [0.5, 0.6) is 0 Å². The number of pyridine rings is 1. The average Bonchev–Trinajstić information content (AvgIpc) is 3.23. The Hall–Kier alpha value is -3.79. The van der Waals surface area contributed by atoms with Gasteiger partial charge in [0.05, 0.1) is 34.1 Å². The molecule has 1 fully saturated rings. The molecule has 2 aromatic carbocycles. The predicted molar refractivity (Wildman–Crippen MR) is 156 cm³/mol. The van der Waals surface area contributed by atoms with Gasteiger partial charge >= 0.3 is 6.09 Å². The summed E-state index contributed by atoms with van der Waals surface area (Å²) < 4.78 is 7.49. The van der Waals surface area contributed by atoms with Crippen molar-refractivity contribution in [3.63, 3.8) is 0 Å². The van der Waals surface area contributed by atoms with E-state index in [1.54, 1.807) is 29.2 Å². The molecule has 0 atom stereocenters. The van der Waals surface area contributed by atoms with Crippen LogP contribution in [0.2, 0.25) is 0 Å². The number of piperidine rings is 1. The molecule has 0 bridgehead atoms. The number of ether oxygens (including phenoxy) is 1. The monoisotopic (exact) mass is 546 g/mol. The maximum absolute atomic E-state index is 12.5. The van der Waals surface area contributed by atoms with Gasteiger partial charge in [0, 0.05) is 47.6 Å². The van der Waals surface area contributed by atoms with Crippen molar-refractivity contribution < 1.29 is 14.3 Å². The molecule has 0 aliphatic carbocycles. The molecule has 4 aromatic rings. The van der Waals surface area contributed by atoms with Crippen molar-refractivity contribution in [2.75, 3.05) is 18.4 Å². The van der Waals surface area contributed by atoms with Crippen LogP contribution in [0.25, 0.3) is 21.9 Å². The average molecular weight is 547 g/mol. The summed E-state index contributed by atoms with van der Waals surface area (Å²) in [6.45, 7) is 9.00. The lowest BCUT2D eigenvalue weighted by molar-refractivity contribution is 0.0219.